The highest BCUT2D eigenvalue weighted by atomic mass is 19.4. The summed E-state index contributed by atoms with van der Waals surface area (Å²) in [7, 11) is 3.13. The SMILES string of the molecule is COc1cc2c(cc1OC)CN([C@@H](C)C(=O)N1CC(=O)Nc3cc(C(F)(F)F)ccc31)CC2. The van der Waals surface area contributed by atoms with Gasteiger partial charge < -0.3 is 14.8 Å². The second-order valence-electron chi connectivity index (χ2n) is 8.07. The lowest BCUT2D eigenvalue weighted by Gasteiger charge is -2.37. The molecule has 0 unspecified atom stereocenters. The first kappa shape index (κ1) is 22.9. The third-order valence-corrected chi connectivity index (χ3v) is 6.11. The number of hydrogen-bond donors (Lipinski definition) is 1. The van der Waals surface area contributed by atoms with E-state index in [-0.39, 0.29) is 23.8 Å². The number of alkyl halides is 3. The molecule has 2 amide bonds. The molecular weight excluding hydrogens is 439 g/mol. The standard InChI is InChI=1S/C23H24F3N3O4/c1-13(28-7-6-14-8-19(32-2)20(33-3)9-15(14)11-28)22(31)29-12-21(30)27-17-10-16(23(24,25)26)4-5-18(17)29/h4-5,8-10,13H,6-7,11-12H2,1-3H3,(H,27,30)/t13-/m0/s1. The molecule has 2 aromatic rings. The van der Waals surface area contributed by atoms with Crippen LogP contribution in [0.2, 0.25) is 0 Å². The van der Waals surface area contributed by atoms with Crippen molar-refractivity contribution in [2.45, 2.75) is 32.1 Å². The molecule has 2 aliphatic heterocycles. The van der Waals surface area contributed by atoms with Crippen LogP contribution in [0.5, 0.6) is 11.5 Å². The Morgan fingerprint density at radius 3 is 2.36 bits per heavy atom. The van der Waals surface area contributed by atoms with Gasteiger partial charge in [-0.3, -0.25) is 19.4 Å². The summed E-state index contributed by atoms with van der Waals surface area (Å²) in [5, 5.41) is 2.44. The van der Waals surface area contributed by atoms with Crippen molar-refractivity contribution in [1.82, 2.24) is 4.90 Å². The first-order chi connectivity index (χ1) is 15.6. The number of carbonyl (C=O) groups excluding carboxylic acids is 2. The number of benzene rings is 2. The molecule has 0 radical (unpaired) electrons. The molecular formula is C23H24F3N3O4. The van der Waals surface area contributed by atoms with E-state index in [0.29, 0.717) is 31.0 Å². The van der Waals surface area contributed by atoms with Crippen molar-refractivity contribution in [3.63, 3.8) is 0 Å². The van der Waals surface area contributed by atoms with Gasteiger partial charge in [0.1, 0.15) is 6.54 Å². The van der Waals surface area contributed by atoms with Crippen molar-refractivity contribution < 1.29 is 32.2 Å². The second-order valence-corrected chi connectivity index (χ2v) is 8.07. The monoisotopic (exact) mass is 463 g/mol. The van der Waals surface area contributed by atoms with Crippen LogP contribution in [0.3, 0.4) is 0 Å². The van der Waals surface area contributed by atoms with E-state index in [1.165, 1.54) is 11.0 Å². The zero-order chi connectivity index (χ0) is 23.9. The van der Waals surface area contributed by atoms with E-state index < -0.39 is 23.7 Å². The Morgan fingerprint density at radius 1 is 1.06 bits per heavy atom. The Balaban J connectivity index is 1.57. The van der Waals surface area contributed by atoms with Gasteiger partial charge in [-0.1, -0.05) is 0 Å². The van der Waals surface area contributed by atoms with E-state index in [9.17, 15) is 22.8 Å². The summed E-state index contributed by atoms with van der Waals surface area (Å²) in [5.41, 5.74) is 1.45. The minimum absolute atomic E-state index is 0.0255. The predicted molar refractivity (Wildman–Crippen MR) is 116 cm³/mol. The fraction of sp³-hybridized carbons (Fsp3) is 0.391. The maximum absolute atomic E-state index is 13.4. The highest BCUT2D eigenvalue weighted by molar-refractivity contribution is 6.11. The molecule has 0 aliphatic carbocycles. The lowest BCUT2D eigenvalue weighted by atomic mass is 9.97. The maximum atomic E-state index is 13.4. The van der Waals surface area contributed by atoms with Gasteiger partial charge in [0.2, 0.25) is 11.8 Å². The van der Waals surface area contributed by atoms with E-state index in [4.69, 9.17) is 9.47 Å². The Hall–Kier alpha value is -3.27. The Morgan fingerprint density at radius 2 is 1.73 bits per heavy atom. The van der Waals surface area contributed by atoms with Gasteiger partial charge >= 0.3 is 6.18 Å². The number of methoxy groups -OCH3 is 2. The van der Waals surface area contributed by atoms with E-state index >= 15 is 0 Å². The molecule has 0 bridgehead atoms. The summed E-state index contributed by atoms with van der Waals surface area (Å²) in [6.07, 6.45) is -3.86. The van der Waals surface area contributed by atoms with Crippen LogP contribution in [0.1, 0.15) is 23.6 Å². The van der Waals surface area contributed by atoms with Crippen LogP contribution in [0, 0.1) is 0 Å². The molecule has 0 saturated heterocycles. The molecule has 4 rings (SSSR count). The molecule has 33 heavy (non-hydrogen) atoms. The largest absolute Gasteiger partial charge is 0.493 e. The smallest absolute Gasteiger partial charge is 0.416 e. The van der Waals surface area contributed by atoms with Crippen LogP contribution in [0.25, 0.3) is 0 Å². The molecule has 2 aromatic carbocycles. The number of carbonyl (C=O) groups is 2. The molecule has 0 saturated carbocycles. The number of amides is 2. The first-order valence-corrected chi connectivity index (χ1v) is 10.4. The average molecular weight is 463 g/mol. The highest BCUT2D eigenvalue weighted by Gasteiger charge is 2.36. The number of rotatable bonds is 4. The van der Waals surface area contributed by atoms with Crippen LogP contribution < -0.4 is 19.7 Å². The number of anilines is 2. The molecule has 0 fully saturated rings. The molecule has 7 nitrogen and oxygen atoms in total. The highest BCUT2D eigenvalue weighted by Crippen LogP contribution is 2.38. The van der Waals surface area contributed by atoms with Gasteiger partial charge in [-0.25, -0.2) is 0 Å². The minimum atomic E-state index is -4.55. The molecule has 2 aliphatic rings. The molecule has 0 aromatic heterocycles. The lowest BCUT2D eigenvalue weighted by molar-refractivity contribution is -0.137. The lowest BCUT2D eigenvalue weighted by Crippen LogP contribution is -2.52. The number of hydrogen-bond acceptors (Lipinski definition) is 5. The predicted octanol–water partition coefficient (Wildman–Crippen LogP) is 3.45. The van der Waals surface area contributed by atoms with Crippen LogP contribution in [0.4, 0.5) is 24.5 Å². The Bertz CT molecular complexity index is 1100. The number of ether oxygens (including phenoxy) is 2. The summed E-state index contributed by atoms with van der Waals surface area (Å²) in [6.45, 7) is 2.58. The van der Waals surface area contributed by atoms with Gasteiger partial charge in [0, 0.05) is 13.1 Å². The summed E-state index contributed by atoms with van der Waals surface area (Å²) in [4.78, 5) is 28.8. The Kier molecular flexibility index (Phi) is 5.96. The van der Waals surface area contributed by atoms with Crippen LogP contribution in [-0.2, 0) is 28.7 Å². The average Bonchev–Trinajstić information content (AvgIpc) is 2.80. The van der Waals surface area contributed by atoms with Crippen molar-refractivity contribution in [3.8, 4) is 11.5 Å². The maximum Gasteiger partial charge on any atom is 0.416 e. The van der Waals surface area contributed by atoms with Gasteiger partial charge in [-0.2, -0.15) is 13.2 Å². The quantitative estimate of drug-likeness (QED) is 0.752. The fourth-order valence-electron chi connectivity index (χ4n) is 4.28. The number of nitrogens with one attached hydrogen (secondary N) is 1. The third-order valence-electron chi connectivity index (χ3n) is 6.11. The van der Waals surface area contributed by atoms with Gasteiger partial charge in [0.25, 0.3) is 0 Å². The topological polar surface area (TPSA) is 71.1 Å². The van der Waals surface area contributed by atoms with Crippen molar-refractivity contribution in [1.29, 1.82) is 0 Å². The van der Waals surface area contributed by atoms with E-state index in [1.54, 1.807) is 21.1 Å². The van der Waals surface area contributed by atoms with Crippen molar-refractivity contribution >= 4 is 23.2 Å². The molecule has 1 atom stereocenters. The van der Waals surface area contributed by atoms with Crippen LogP contribution in [-0.4, -0.2) is 50.1 Å². The summed E-state index contributed by atoms with van der Waals surface area (Å²) >= 11 is 0. The van der Waals surface area contributed by atoms with Crippen molar-refractivity contribution in [2.75, 3.05) is 37.5 Å². The minimum Gasteiger partial charge on any atom is -0.493 e. The van der Waals surface area contributed by atoms with E-state index in [0.717, 1.165) is 23.3 Å². The molecule has 176 valence electrons. The molecule has 10 heteroatoms. The van der Waals surface area contributed by atoms with Crippen LogP contribution >= 0.6 is 0 Å². The summed E-state index contributed by atoms with van der Waals surface area (Å²) in [6, 6.07) is 6.23. The Labute approximate surface area is 189 Å². The first-order valence-electron chi connectivity index (χ1n) is 10.4. The van der Waals surface area contributed by atoms with E-state index in [2.05, 4.69) is 5.32 Å². The molecule has 2 heterocycles. The van der Waals surface area contributed by atoms with Gasteiger partial charge in [-0.05, 0) is 54.8 Å². The zero-order valence-corrected chi connectivity index (χ0v) is 18.5. The molecule has 1 N–H and O–H groups in total. The van der Waals surface area contributed by atoms with Crippen molar-refractivity contribution in [2.24, 2.45) is 0 Å². The van der Waals surface area contributed by atoms with E-state index in [1.807, 2.05) is 17.0 Å². The number of fused-ring (bicyclic) bond motifs is 2. The molecule has 0 spiro atoms. The number of halogens is 3. The number of nitrogens with zero attached hydrogens (tertiary/aromatic N) is 2. The summed E-state index contributed by atoms with van der Waals surface area (Å²) < 4.78 is 50.0. The third kappa shape index (κ3) is 4.35. The van der Waals surface area contributed by atoms with Crippen molar-refractivity contribution in [3.05, 3.63) is 47.0 Å². The summed E-state index contributed by atoms with van der Waals surface area (Å²) in [5.74, 6) is 0.347. The fourth-order valence-corrected chi connectivity index (χ4v) is 4.28. The van der Waals surface area contributed by atoms with Gasteiger partial charge in [-0.15, -0.1) is 0 Å². The van der Waals surface area contributed by atoms with Gasteiger partial charge in [0.05, 0.1) is 37.2 Å². The zero-order valence-electron chi connectivity index (χ0n) is 18.5. The van der Waals surface area contributed by atoms with Gasteiger partial charge in [0.15, 0.2) is 11.5 Å². The van der Waals surface area contributed by atoms with Crippen LogP contribution in [0.15, 0.2) is 30.3 Å². The second kappa shape index (κ2) is 8.58. The normalized spacial score (nSPS) is 17.0.